The van der Waals surface area contributed by atoms with Crippen LogP contribution in [0.25, 0.3) is 0 Å². The smallest absolute Gasteiger partial charge is 0.254 e. The summed E-state index contributed by atoms with van der Waals surface area (Å²) in [6, 6.07) is 13.3. The number of hydrogen-bond acceptors (Lipinski definition) is 3. The second kappa shape index (κ2) is 6.94. The van der Waals surface area contributed by atoms with Crippen molar-refractivity contribution in [1.29, 1.82) is 0 Å². The van der Waals surface area contributed by atoms with Crippen LogP contribution in [0.2, 0.25) is 5.02 Å². The van der Waals surface area contributed by atoms with Crippen LogP contribution in [-0.2, 0) is 16.0 Å². The Morgan fingerprint density at radius 3 is 2.64 bits per heavy atom. The number of nitrogens with two attached hydrogens (primary N) is 1. The van der Waals surface area contributed by atoms with Crippen LogP contribution in [0, 0.1) is 5.82 Å². The first-order valence-corrected chi connectivity index (χ1v) is 8.42. The van der Waals surface area contributed by atoms with E-state index in [9.17, 15) is 14.0 Å². The summed E-state index contributed by atoms with van der Waals surface area (Å²) in [5.41, 5.74) is 5.97. The molecule has 2 N–H and O–H groups in total. The minimum absolute atomic E-state index is 0.0602. The highest BCUT2D eigenvalue weighted by atomic mass is 35.5. The molecule has 130 valence electrons. The monoisotopic (exact) mass is 360 g/mol. The predicted molar refractivity (Wildman–Crippen MR) is 95.1 cm³/mol. The molecule has 1 saturated heterocycles. The van der Waals surface area contributed by atoms with Gasteiger partial charge in [0.1, 0.15) is 5.82 Å². The van der Waals surface area contributed by atoms with E-state index in [0.717, 1.165) is 5.69 Å². The van der Waals surface area contributed by atoms with Crippen LogP contribution < -0.4 is 10.6 Å². The third-order valence-electron chi connectivity index (χ3n) is 4.49. The lowest BCUT2D eigenvalue weighted by atomic mass is 9.89. The zero-order valence-corrected chi connectivity index (χ0v) is 14.3. The molecule has 2 aromatic rings. The van der Waals surface area contributed by atoms with E-state index in [0.29, 0.717) is 12.1 Å². The van der Waals surface area contributed by atoms with Crippen molar-refractivity contribution in [2.24, 2.45) is 5.73 Å². The number of ketones is 1. The van der Waals surface area contributed by atoms with Gasteiger partial charge < -0.3 is 10.6 Å². The van der Waals surface area contributed by atoms with Gasteiger partial charge in [-0.1, -0.05) is 29.8 Å². The van der Waals surface area contributed by atoms with Gasteiger partial charge in [0.25, 0.3) is 5.91 Å². The van der Waals surface area contributed by atoms with Crippen molar-refractivity contribution in [3.05, 3.63) is 64.9 Å². The van der Waals surface area contributed by atoms with Crippen LogP contribution in [-0.4, -0.2) is 23.8 Å². The molecule has 1 fully saturated rings. The molecule has 0 bridgehead atoms. The SMILES string of the molecule is N[C@]1(C(=O)CCc2cc(F)cc(Cl)c2)CCN(c2ccccc2)C1=O. The quantitative estimate of drug-likeness (QED) is 0.833. The van der Waals surface area contributed by atoms with Gasteiger partial charge in [-0.25, -0.2) is 4.39 Å². The molecule has 2 aromatic carbocycles. The number of aryl methyl sites for hydroxylation is 1. The maximum Gasteiger partial charge on any atom is 0.254 e. The van der Waals surface area contributed by atoms with Crippen molar-refractivity contribution in [3.63, 3.8) is 0 Å². The lowest BCUT2D eigenvalue weighted by Gasteiger charge is -2.22. The second-order valence-electron chi connectivity index (χ2n) is 6.21. The van der Waals surface area contributed by atoms with Gasteiger partial charge in [0.2, 0.25) is 0 Å². The summed E-state index contributed by atoms with van der Waals surface area (Å²) in [6.07, 6.45) is 0.613. The van der Waals surface area contributed by atoms with Crippen LogP contribution in [0.1, 0.15) is 18.4 Å². The molecule has 0 aromatic heterocycles. The van der Waals surface area contributed by atoms with Crippen LogP contribution in [0.5, 0.6) is 0 Å². The highest BCUT2D eigenvalue weighted by Crippen LogP contribution is 2.28. The lowest BCUT2D eigenvalue weighted by Crippen LogP contribution is -2.54. The highest BCUT2D eigenvalue weighted by molar-refractivity contribution is 6.30. The van der Waals surface area contributed by atoms with Gasteiger partial charge in [0.15, 0.2) is 11.3 Å². The number of para-hydroxylation sites is 1. The van der Waals surface area contributed by atoms with Gasteiger partial charge in [-0.3, -0.25) is 9.59 Å². The molecule has 0 saturated carbocycles. The first-order chi connectivity index (χ1) is 11.9. The van der Waals surface area contributed by atoms with E-state index >= 15 is 0 Å². The van der Waals surface area contributed by atoms with Gasteiger partial charge in [-0.15, -0.1) is 0 Å². The molecule has 0 aliphatic carbocycles. The van der Waals surface area contributed by atoms with E-state index in [1.807, 2.05) is 30.3 Å². The Hall–Kier alpha value is -2.24. The van der Waals surface area contributed by atoms with Crippen LogP contribution in [0.15, 0.2) is 48.5 Å². The first-order valence-electron chi connectivity index (χ1n) is 8.04. The first kappa shape index (κ1) is 17.6. The number of halogens is 2. The van der Waals surface area contributed by atoms with E-state index < -0.39 is 11.4 Å². The highest BCUT2D eigenvalue weighted by Gasteiger charge is 2.49. The molecule has 25 heavy (non-hydrogen) atoms. The maximum absolute atomic E-state index is 13.4. The summed E-state index contributed by atoms with van der Waals surface area (Å²) in [6.45, 7) is 0.400. The van der Waals surface area contributed by atoms with Gasteiger partial charge in [0, 0.05) is 23.7 Å². The standard InChI is InChI=1S/C19H18ClFN2O2/c20-14-10-13(11-15(21)12-14)6-7-17(24)19(22)8-9-23(18(19)25)16-4-2-1-3-5-16/h1-5,10-12H,6-9,22H2/t19-/m0/s1. The van der Waals surface area contributed by atoms with Crippen molar-refractivity contribution in [2.45, 2.75) is 24.8 Å². The summed E-state index contributed by atoms with van der Waals surface area (Å²) in [7, 11) is 0. The number of carbonyl (C=O) groups excluding carboxylic acids is 2. The van der Waals surface area contributed by atoms with E-state index in [-0.39, 0.29) is 36.0 Å². The molecule has 1 amide bonds. The van der Waals surface area contributed by atoms with E-state index in [4.69, 9.17) is 17.3 Å². The fraction of sp³-hybridized carbons (Fsp3) is 0.263. The summed E-state index contributed by atoms with van der Waals surface area (Å²) in [4.78, 5) is 26.8. The maximum atomic E-state index is 13.4. The number of Topliss-reactive ketones (excluding diaryl/α,β-unsaturated/α-hetero) is 1. The molecule has 1 aliphatic rings. The second-order valence-corrected chi connectivity index (χ2v) is 6.65. The summed E-state index contributed by atoms with van der Waals surface area (Å²) in [5.74, 6) is -1.18. The minimum atomic E-state index is -1.52. The van der Waals surface area contributed by atoms with Crippen molar-refractivity contribution in [3.8, 4) is 0 Å². The number of anilines is 1. The Labute approximate surface area is 150 Å². The molecule has 1 aliphatic heterocycles. The Balaban J connectivity index is 1.70. The molecular weight excluding hydrogens is 343 g/mol. The number of nitrogens with zero attached hydrogens (tertiary/aromatic N) is 1. The molecule has 1 atom stereocenters. The van der Waals surface area contributed by atoms with Crippen molar-refractivity contribution in [1.82, 2.24) is 0 Å². The fourth-order valence-electron chi connectivity index (χ4n) is 3.09. The average Bonchev–Trinajstić information content (AvgIpc) is 2.89. The summed E-state index contributed by atoms with van der Waals surface area (Å²) < 4.78 is 13.4. The third kappa shape index (κ3) is 3.57. The predicted octanol–water partition coefficient (Wildman–Crippen LogP) is 3.12. The number of benzene rings is 2. The van der Waals surface area contributed by atoms with Gasteiger partial charge >= 0.3 is 0 Å². The molecule has 3 rings (SSSR count). The Kier molecular flexibility index (Phi) is 4.88. The Morgan fingerprint density at radius 2 is 1.96 bits per heavy atom. The molecule has 1 heterocycles. The van der Waals surface area contributed by atoms with Crippen LogP contribution in [0.4, 0.5) is 10.1 Å². The molecule has 4 nitrogen and oxygen atoms in total. The zero-order valence-electron chi connectivity index (χ0n) is 13.5. The van der Waals surface area contributed by atoms with Crippen molar-refractivity contribution in [2.75, 3.05) is 11.4 Å². The Morgan fingerprint density at radius 1 is 1.24 bits per heavy atom. The molecule has 0 unspecified atom stereocenters. The van der Waals surface area contributed by atoms with Gasteiger partial charge in [-0.05, 0) is 48.7 Å². The number of carbonyl (C=O) groups is 2. The average molecular weight is 361 g/mol. The molecule has 0 spiro atoms. The van der Waals surface area contributed by atoms with Crippen LogP contribution >= 0.6 is 11.6 Å². The summed E-state index contributed by atoms with van der Waals surface area (Å²) >= 11 is 5.82. The summed E-state index contributed by atoms with van der Waals surface area (Å²) in [5, 5.41) is 0.275. The van der Waals surface area contributed by atoms with Crippen molar-refractivity contribution >= 4 is 29.0 Å². The minimum Gasteiger partial charge on any atom is -0.311 e. The van der Waals surface area contributed by atoms with E-state index in [1.165, 1.54) is 17.0 Å². The number of rotatable bonds is 5. The Bertz CT molecular complexity index is 792. The number of amides is 1. The molecule has 0 radical (unpaired) electrons. The van der Waals surface area contributed by atoms with Gasteiger partial charge in [-0.2, -0.15) is 0 Å². The van der Waals surface area contributed by atoms with Crippen LogP contribution in [0.3, 0.4) is 0 Å². The molecular formula is C19H18ClFN2O2. The lowest BCUT2D eigenvalue weighted by molar-refractivity contribution is -0.132. The largest absolute Gasteiger partial charge is 0.311 e. The van der Waals surface area contributed by atoms with E-state index in [2.05, 4.69) is 0 Å². The zero-order chi connectivity index (χ0) is 18.0. The van der Waals surface area contributed by atoms with Crippen molar-refractivity contribution < 1.29 is 14.0 Å². The fourth-order valence-corrected chi connectivity index (χ4v) is 3.33. The normalized spacial score (nSPS) is 20.1. The number of hydrogen-bond donors (Lipinski definition) is 1. The molecule has 6 heteroatoms. The van der Waals surface area contributed by atoms with E-state index in [1.54, 1.807) is 6.07 Å². The third-order valence-corrected chi connectivity index (χ3v) is 4.70. The topological polar surface area (TPSA) is 63.4 Å². The van der Waals surface area contributed by atoms with Gasteiger partial charge in [0.05, 0.1) is 0 Å².